The van der Waals surface area contributed by atoms with Crippen LogP contribution in [0.1, 0.15) is 156 Å². The van der Waals surface area contributed by atoms with E-state index in [0.717, 1.165) is 0 Å². The second kappa shape index (κ2) is 21.2. The molecule has 2 nitrogen and oxygen atoms in total. The third-order valence-corrected chi connectivity index (χ3v) is 7.07. The average molecular weight is 435 g/mol. The van der Waals surface area contributed by atoms with Crippen LogP contribution in [0.4, 0.5) is 0 Å². The fourth-order valence-electron chi connectivity index (χ4n) is 4.95. The number of unbranched alkanes of at least 4 members (excludes halogenated alkanes) is 17. The standard InChI is InChI=1S/C29H58N2/c1-4-7-10-13-14-15-16-17-18-20-23-26-31-28-27-30(25-22-19-11-8-5-2)29(31)24-21-12-9-6-3/h27-29H,4-26H2,1-3H3. The summed E-state index contributed by atoms with van der Waals surface area (Å²) < 4.78 is 0. The Morgan fingerprint density at radius 1 is 0.419 bits per heavy atom. The molecule has 0 aromatic rings. The van der Waals surface area contributed by atoms with Gasteiger partial charge in [-0.3, -0.25) is 0 Å². The summed E-state index contributed by atoms with van der Waals surface area (Å²) in [6.45, 7) is 9.45. The van der Waals surface area contributed by atoms with Gasteiger partial charge in [0.2, 0.25) is 0 Å². The second-order valence-electron chi connectivity index (χ2n) is 10.1. The minimum Gasteiger partial charge on any atom is -0.356 e. The minimum atomic E-state index is 0.645. The maximum atomic E-state index is 2.67. The van der Waals surface area contributed by atoms with Crippen LogP contribution >= 0.6 is 0 Å². The highest BCUT2D eigenvalue weighted by Gasteiger charge is 2.24. The van der Waals surface area contributed by atoms with Crippen molar-refractivity contribution < 1.29 is 0 Å². The SMILES string of the molecule is CCCCCCCCCCCCCN1C=CN(CCCCCCC)C1CCCCCC. The first-order chi connectivity index (χ1) is 15.3. The van der Waals surface area contributed by atoms with E-state index >= 15 is 0 Å². The fourth-order valence-corrected chi connectivity index (χ4v) is 4.95. The van der Waals surface area contributed by atoms with E-state index in [1.54, 1.807) is 0 Å². The lowest BCUT2D eigenvalue weighted by atomic mass is 10.1. The maximum absolute atomic E-state index is 2.67. The quantitative estimate of drug-likeness (QED) is 0.148. The van der Waals surface area contributed by atoms with Crippen LogP contribution in [0.3, 0.4) is 0 Å². The molecule has 1 aliphatic rings. The zero-order valence-corrected chi connectivity index (χ0v) is 21.9. The highest BCUT2D eigenvalue weighted by atomic mass is 15.4. The molecular formula is C29H58N2. The van der Waals surface area contributed by atoms with E-state index in [4.69, 9.17) is 0 Å². The predicted octanol–water partition coefficient (Wildman–Crippen LogP) is 9.65. The summed E-state index contributed by atoms with van der Waals surface area (Å²) in [7, 11) is 0. The van der Waals surface area contributed by atoms with Crippen LogP contribution < -0.4 is 0 Å². The molecule has 0 radical (unpaired) electrons. The summed E-state index contributed by atoms with van der Waals surface area (Å²) >= 11 is 0. The van der Waals surface area contributed by atoms with Crippen LogP contribution in [0.2, 0.25) is 0 Å². The molecule has 0 fully saturated rings. The number of rotatable bonds is 23. The van der Waals surface area contributed by atoms with Gasteiger partial charge in [0.25, 0.3) is 0 Å². The summed E-state index contributed by atoms with van der Waals surface area (Å²) in [5.74, 6) is 0. The van der Waals surface area contributed by atoms with Gasteiger partial charge < -0.3 is 9.80 Å². The van der Waals surface area contributed by atoms with Crippen molar-refractivity contribution >= 4 is 0 Å². The lowest BCUT2D eigenvalue weighted by molar-refractivity contribution is 0.135. The molecule has 0 N–H and O–H groups in total. The van der Waals surface area contributed by atoms with Gasteiger partial charge in [0.05, 0.1) is 0 Å². The highest BCUT2D eigenvalue weighted by Crippen LogP contribution is 2.23. The topological polar surface area (TPSA) is 6.48 Å². The van der Waals surface area contributed by atoms with Crippen molar-refractivity contribution in [3.8, 4) is 0 Å². The molecule has 0 saturated heterocycles. The first kappa shape index (κ1) is 28.4. The highest BCUT2D eigenvalue weighted by molar-refractivity contribution is 4.97. The van der Waals surface area contributed by atoms with Crippen LogP contribution in [0.15, 0.2) is 12.4 Å². The Balaban J connectivity index is 2.18. The molecule has 184 valence electrons. The molecule has 1 aliphatic heterocycles. The van der Waals surface area contributed by atoms with E-state index in [9.17, 15) is 0 Å². The zero-order chi connectivity index (χ0) is 22.4. The van der Waals surface area contributed by atoms with Crippen LogP contribution in [-0.2, 0) is 0 Å². The Morgan fingerprint density at radius 2 is 0.742 bits per heavy atom. The first-order valence-electron chi connectivity index (χ1n) is 14.5. The second-order valence-corrected chi connectivity index (χ2v) is 10.1. The molecule has 0 bridgehead atoms. The van der Waals surface area contributed by atoms with Crippen LogP contribution in [0, 0.1) is 0 Å². The van der Waals surface area contributed by atoms with E-state index in [1.165, 1.54) is 148 Å². The van der Waals surface area contributed by atoms with Crippen molar-refractivity contribution in [1.82, 2.24) is 9.80 Å². The van der Waals surface area contributed by atoms with E-state index in [0.29, 0.717) is 6.17 Å². The van der Waals surface area contributed by atoms with E-state index in [2.05, 4.69) is 43.0 Å². The van der Waals surface area contributed by atoms with E-state index in [1.807, 2.05) is 0 Å². The minimum absolute atomic E-state index is 0.645. The van der Waals surface area contributed by atoms with Crippen LogP contribution in [0.25, 0.3) is 0 Å². The molecular weight excluding hydrogens is 376 g/mol. The summed E-state index contributed by atoms with van der Waals surface area (Å²) in [4.78, 5) is 5.34. The molecule has 31 heavy (non-hydrogen) atoms. The van der Waals surface area contributed by atoms with Gasteiger partial charge in [0.1, 0.15) is 6.17 Å². The van der Waals surface area contributed by atoms with Crippen molar-refractivity contribution in [2.75, 3.05) is 13.1 Å². The molecule has 0 aromatic heterocycles. The van der Waals surface area contributed by atoms with Crippen molar-refractivity contribution in [1.29, 1.82) is 0 Å². The number of hydrogen-bond acceptors (Lipinski definition) is 2. The summed E-state index contributed by atoms with van der Waals surface area (Å²) in [5.41, 5.74) is 0. The van der Waals surface area contributed by atoms with Gasteiger partial charge in [-0.15, -0.1) is 0 Å². The Labute approximate surface area is 197 Å². The van der Waals surface area contributed by atoms with Gasteiger partial charge in [-0.05, 0) is 25.7 Å². The molecule has 0 spiro atoms. The molecule has 0 aromatic carbocycles. The van der Waals surface area contributed by atoms with Gasteiger partial charge in [0, 0.05) is 25.5 Å². The van der Waals surface area contributed by atoms with E-state index < -0.39 is 0 Å². The maximum Gasteiger partial charge on any atom is 0.101 e. The number of nitrogens with zero attached hydrogens (tertiary/aromatic N) is 2. The molecule has 0 aliphatic carbocycles. The molecule has 0 saturated carbocycles. The molecule has 1 atom stereocenters. The van der Waals surface area contributed by atoms with Gasteiger partial charge in [-0.25, -0.2) is 0 Å². The molecule has 0 amide bonds. The lowest BCUT2D eigenvalue weighted by Crippen LogP contribution is -2.39. The summed E-state index contributed by atoms with van der Waals surface area (Å²) in [6.07, 6.45) is 35.0. The normalized spacial score (nSPS) is 16.0. The Morgan fingerprint density at radius 3 is 1.13 bits per heavy atom. The molecule has 1 heterocycles. The third-order valence-electron chi connectivity index (χ3n) is 7.07. The van der Waals surface area contributed by atoms with Crippen molar-refractivity contribution in [3.05, 3.63) is 12.4 Å². The van der Waals surface area contributed by atoms with Crippen molar-refractivity contribution in [2.24, 2.45) is 0 Å². The van der Waals surface area contributed by atoms with E-state index in [-0.39, 0.29) is 0 Å². The summed E-state index contributed by atoms with van der Waals surface area (Å²) in [5, 5.41) is 0. The van der Waals surface area contributed by atoms with Crippen molar-refractivity contribution in [3.63, 3.8) is 0 Å². The van der Waals surface area contributed by atoms with Gasteiger partial charge in [-0.2, -0.15) is 0 Å². The first-order valence-corrected chi connectivity index (χ1v) is 14.5. The Bertz CT molecular complexity index is 392. The smallest absolute Gasteiger partial charge is 0.101 e. The van der Waals surface area contributed by atoms with Crippen LogP contribution in [-0.4, -0.2) is 29.1 Å². The lowest BCUT2D eigenvalue weighted by Gasteiger charge is -2.33. The van der Waals surface area contributed by atoms with Crippen LogP contribution in [0.5, 0.6) is 0 Å². The summed E-state index contributed by atoms with van der Waals surface area (Å²) in [6, 6.07) is 0. The Hall–Kier alpha value is -0.660. The monoisotopic (exact) mass is 434 g/mol. The average Bonchev–Trinajstić information content (AvgIpc) is 3.16. The van der Waals surface area contributed by atoms with Gasteiger partial charge >= 0.3 is 0 Å². The fraction of sp³-hybridized carbons (Fsp3) is 0.931. The Kier molecular flexibility index (Phi) is 19.4. The molecule has 2 heteroatoms. The van der Waals surface area contributed by atoms with Crippen molar-refractivity contribution in [2.45, 2.75) is 162 Å². The molecule has 1 rings (SSSR count). The largest absolute Gasteiger partial charge is 0.356 e. The number of hydrogen-bond donors (Lipinski definition) is 0. The van der Waals surface area contributed by atoms with Gasteiger partial charge in [-0.1, -0.05) is 130 Å². The molecule has 1 unspecified atom stereocenters. The van der Waals surface area contributed by atoms with Gasteiger partial charge in [0.15, 0.2) is 0 Å². The third kappa shape index (κ3) is 14.9. The predicted molar refractivity (Wildman–Crippen MR) is 140 cm³/mol. The zero-order valence-electron chi connectivity index (χ0n) is 21.9.